The van der Waals surface area contributed by atoms with E-state index in [1.165, 1.54) is 0 Å². The molecule has 2 aliphatic carbocycles. The molecule has 136 valence electrons. The minimum Gasteiger partial charge on any atom is -0.464 e. The maximum Gasteiger partial charge on any atom is 0.408 e. The number of alkyl halides is 2. The number of ether oxygens (including phenoxy) is 2. The summed E-state index contributed by atoms with van der Waals surface area (Å²) in [5.41, 5.74) is 0.812. The van der Waals surface area contributed by atoms with E-state index in [9.17, 15) is 18.4 Å². The maximum absolute atomic E-state index is 13.4. The van der Waals surface area contributed by atoms with Crippen LogP contribution in [0, 0.1) is 17.8 Å². The van der Waals surface area contributed by atoms with Gasteiger partial charge in [-0.2, -0.15) is 0 Å². The van der Waals surface area contributed by atoms with Crippen molar-refractivity contribution in [2.45, 2.75) is 38.3 Å². The number of alkyl carbamates (subject to hydrolysis) is 1. The number of hydrogen-bond acceptors (Lipinski definition) is 4. The Balaban J connectivity index is 1.56. The van der Waals surface area contributed by atoms with Gasteiger partial charge in [0.05, 0.1) is 6.61 Å². The van der Waals surface area contributed by atoms with E-state index in [0.717, 1.165) is 5.56 Å². The van der Waals surface area contributed by atoms with E-state index >= 15 is 0 Å². The highest BCUT2D eigenvalue weighted by molar-refractivity contribution is 5.81. The first-order valence-corrected chi connectivity index (χ1v) is 8.45. The molecule has 1 aromatic rings. The van der Waals surface area contributed by atoms with E-state index in [1.54, 1.807) is 6.92 Å². The van der Waals surface area contributed by atoms with Crippen molar-refractivity contribution in [3.05, 3.63) is 35.9 Å². The van der Waals surface area contributed by atoms with Gasteiger partial charge in [0.2, 0.25) is 0 Å². The van der Waals surface area contributed by atoms with Crippen molar-refractivity contribution in [1.82, 2.24) is 5.32 Å². The van der Waals surface area contributed by atoms with Gasteiger partial charge in [0.15, 0.2) is 0 Å². The molecule has 0 aromatic heterocycles. The molecule has 1 amide bonds. The SMILES string of the molecule is CCOC(=O)C(NC(=O)OCc1ccccc1)C1CC2C(C1)C2(F)F. The highest BCUT2D eigenvalue weighted by Crippen LogP contribution is 2.66. The normalized spacial score (nSPS) is 27.1. The Labute approximate surface area is 144 Å². The van der Waals surface area contributed by atoms with Crippen molar-refractivity contribution in [1.29, 1.82) is 0 Å². The molecule has 3 unspecified atom stereocenters. The Hall–Kier alpha value is -2.18. The second-order valence-corrected chi connectivity index (χ2v) is 6.55. The molecule has 2 aliphatic rings. The van der Waals surface area contributed by atoms with Crippen LogP contribution in [-0.2, 0) is 20.9 Å². The van der Waals surface area contributed by atoms with Gasteiger partial charge in [-0.1, -0.05) is 30.3 Å². The van der Waals surface area contributed by atoms with Gasteiger partial charge in [0, 0.05) is 11.8 Å². The first kappa shape index (κ1) is 17.6. The molecule has 7 heteroatoms. The number of hydrogen-bond donors (Lipinski definition) is 1. The monoisotopic (exact) mass is 353 g/mol. The van der Waals surface area contributed by atoms with Gasteiger partial charge >= 0.3 is 12.1 Å². The van der Waals surface area contributed by atoms with Crippen LogP contribution in [-0.4, -0.2) is 30.6 Å². The van der Waals surface area contributed by atoms with Gasteiger partial charge in [-0.3, -0.25) is 0 Å². The van der Waals surface area contributed by atoms with E-state index in [-0.39, 0.29) is 32.0 Å². The van der Waals surface area contributed by atoms with E-state index in [0.29, 0.717) is 0 Å². The molecule has 5 nitrogen and oxygen atoms in total. The molecule has 2 saturated carbocycles. The molecule has 3 atom stereocenters. The van der Waals surface area contributed by atoms with Gasteiger partial charge in [0.1, 0.15) is 12.6 Å². The average Bonchev–Trinajstić information content (AvgIpc) is 2.94. The molecular formula is C18H21F2NO4. The largest absolute Gasteiger partial charge is 0.464 e. The zero-order chi connectivity index (χ0) is 18.0. The van der Waals surface area contributed by atoms with Crippen LogP contribution in [0.1, 0.15) is 25.3 Å². The van der Waals surface area contributed by atoms with Gasteiger partial charge in [0.25, 0.3) is 5.92 Å². The minimum absolute atomic E-state index is 0.0657. The summed E-state index contributed by atoms with van der Waals surface area (Å²) in [4.78, 5) is 24.2. The van der Waals surface area contributed by atoms with Crippen molar-refractivity contribution in [3.8, 4) is 0 Å². The third-order valence-corrected chi connectivity index (χ3v) is 4.98. The molecule has 0 spiro atoms. The van der Waals surface area contributed by atoms with Crippen LogP contribution >= 0.6 is 0 Å². The number of halogens is 2. The van der Waals surface area contributed by atoms with Crippen LogP contribution in [0.2, 0.25) is 0 Å². The standard InChI is InChI=1S/C18H21F2NO4/c1-2-24-16(22)15(12-8-13-14(9-12)18(13,19)20)21-17(23)25-10-11-6-4-3-5-7-11/h3-7,12-15H,2,8-10H2,1H3,(H,21,23). The highest BCUT2D eigenvalue weighted by atomic mass is 19.3. The molecule has 0 radical (unpaired) electrons. The molecule has 25 heavy (non-hydrogen) atoms. The lowest BCUT2D eigenvalue weighted by atomic mass is 9.94. The summed E-state index contributed by atoms with van der Waals surface area (Å²) in [7, 11) is 0. The fourth-order valence-corrected chi connectivity index (χ4v) is 3.62. The molecule has 1 N–H and O–H groups in total. The van der Waals surface area contributed by atoms with Crippen molar-refractivity contribution < 1.29 is 27.8 Å². The molecule has 3 rings (SSSR count). The lowest BCUT2D eigenvalue weighted by Gasteiger charge is -2.24. The first-order chi connectivity index (χ1) is 11.9. The second-order valence-electron chi connectivity index (χ2n) is 6.55. The summed E-state index contributed by atoms with van der Waals surface area (Å²) >= 11 is 0. The predicted molar refractivity (Wildman–Crippen MR) is 84.8 cm³/mol. The van der Waals surface area contributed by atoms with E-state index < -0.39 is 35.9 Å². The van der Waals surface area contributed by atoms with Crippen LogP contribution in [0.25, 0.3) is 0 Å². The number of fused-ring (bicyclic) bond motifs is 1. The number of nitrogens with one attached hydrogen (secondary N) is 1. The highest BCUT2D eigenvalue weighted by Gasteiger charge is 2.72. The summed E-state index contributed by atoms with van der Waals surface area (Å²) in [6.45, 7) is 1.88. The fraction of sp³-hybridized carbons (Fsp3) is 0.556. The molecule has 2 fully saturated rings. The van der Waals surface area contributed by atoms with E-state index in [4.69, 9.17) is 9.47 Å². The Kier molecular flexibility index (Phi) is 4.92. The second kappa shape index (κ2) is 6.98. The van der Waals surface area contributed by atoms with Gasteiger partial charge in [-0.25, -0.2) is 18.4 Å². The minimum atomic E-state index is -2.62. The molecule has 0 bridgehead atoms. The Morgan fingerprint density at radius 2 is 1.84 bits per heavy atom. The lowest BCUT2D eigenvalue weighted by Crippen LogP contribution is -2.47. The zero-order valence-corrected chi connectivity index (χ0v) is 13.9. The van der Waals surface area contributed by atoms with Crippen LogP contribution in [0.15, 0.2) is 30.3 Å². The van der Waals surface area contributed by atoms with Crippen LogP contribution in [0.5, 0.6) is 0 Å². The topological polar surface area (TPSA) is 64.6 Å². The van der Waals surface area contributed by atoms with Crippen LogP contribution in [0.4, 0.5) is 13.6 Å². The number of amides is 1. The first-order valence-electron chi connectivity index (χ1n) is 8.45. The van der Waals surface area contributed by atoms with Crippen molar-refractivity contribution in [2.75, 3.05) is 6.61 Å². The molecule has 0 heterocycles. The number of carbonyl (C=O) groups excluding carboxylic acids is 2. The molecular weight excluding hydrogens is 332 g/mol. The Morgan fingerprint density at radius 3 is 2.44 bits per heavy atom. The maximum atomic E-state index is 13.4. The molecule has 0 aliphatic heterocycles. The summed E-state index contributed by atoms with van der Waals surface area (Å²) in [5.74, 6) is -4.94. The third-order valence-electron chi connectivity index (χ3n) is 4.98. The summed E-state index contributed by atoms with van der Waals surface area (Å²) in [6, 6.07) is 8.16. The van der Waals surface area contributed by atoms with Crippen molar-refractivity contribution in [3.63, 3.8) is 0 Å². The van der Waals surface area contributed by atoms with Crippen LogP contribution < -0.4 is 5.32 Å². The third kappa shape index (κ3) is 3.75. The summed E-state index contributed by atoms with van der Waals surface area (Å²) < 4.78 is 36.8. The predicted octanol–water partition coefficient (Wildman–Crippen LogP) is 3.14. The quantitative estimate of drug-likeness (QED) is 0.798. The summed E-state index contributed by atoms with van der Waals surface area (Å²) in [5, 5.41) is 2.50. The lowest BCUT2D eigenvalue weighted by molar-refractivity contribution is -0.147. The number of rotatable bonds is 6. The Bertz CT molecular complexity index is 623. The van der Waals surface area contributed by atoms with Crippen LogP contribution in [0.3, 0.4) is 0 Å². The fourth-order valence-electron chi connectivity index (χ4n) is 3.62. The Morgan fingerprint density at radius 1 is 1.20 bits per heavy atom. The number of benzene rings is 1. The number of carbonyl (C=O) groups is 2. The zero-order valence-electron chi connectivity index (χ0n) is 13.9. The van der Waals surface area contributed by atoms with Gasteiger partial charge in [-0.05, 0) is 31.2 Å². The average molecular weight is 353 g/mol. The van der Waals surface area contributed by atoms with Gasteiger partial charge < -0.3 is 14.8 Å². The van der Waals surface area contributed by atoms with E-state index in [1.807, 2.05) is 30.3 Å². The molecule has 0 saturated heterocycles. The van der Waals surface area contributed by atoms with Crippen molar-refractivity contribution in [2.24, 2.45) is 17.8 Å². The number of esters is 1. The smallest absolute Gasteiger partial charge is 0.408 e. The van der Waals surface area contributed by atoms with Crippen molar-refractivity contribution >= 4 is 12.1 Å². The summed E-state index contributed by atoms with van der Waals surface area (Å²) in [6.07, 6.45) is -0.338. The van der Waals surface area contributed by atoms with Gasteiger partial charge in [-0.15, -0.1) is 0 Å². The van der Waals surface area contributed by atoms with E-state index in [2.05, 4.69) is 5.32 Å². The molecule has 1 aromatic carbocycles.